The molecule has 0 amide bonds. The molecular formula is C46H27N9S. The van der Waals surface area contributed by atoms with Gasteiger partial charge in [-0.15, -0.1) is 0 Å². The Balaban J connectivity index is 1.15. The first-order valence-corrected chi connectivity index (χ1v) is 19.3. The molecule has 0 aliphatic carbocycles. The second-order valence-corrected chi connectivity index (χ2v) is 15.0. The highest BCUT2D eigenvalue weighted by Gasteiger charge is 2.20. The van der Waals surface area contributed by atoms with Crippen LogP contribution in [0, 0.1) is 0 Å². The van der Waals surface area contributed by atoms with Crippen LogP contribution < -0.4 is 0 Å². The largest absolute Gasteiger partial charge is 0.282 e. The third kappa shape index (κ3) is 4.02. The number of hydrogen-bond acceptors (Lipinski definition) is 5. The van der Waals surface area contributed by atoms with Gasteiger partial charge in [-0.2, -0.15) is 0 Å². The summed E-state index contributed by atoms with van der Waals surface area (Å²) in [6.45, 7) is 0. The van der Waals surface area contributed by atoms with Gasteiger partial charge in [0.15, 0.2) is 9.92 Å². The van der Waals surface area contributed by atoms with Gasteiger partial charge in [-0.25, -0.2) is 24.5 Å². The Morgan fingerprint density at radius 3 is 1.30 bits per heavy atom. The molecule has 56 heavy (non-hydrogen) atoms. The molecule has 7 aromatic carbocycles. The molecule has 0 aliphatic rings. The molecule has 0 spiro atoms. The standard InChI is InChI=1S/C46H27N9S/c1-5-18-35-31(14-1)47-43-51(44-48-32-15-2-6-19-36(32)53(44)40-23-10-9-22-39(40)52(35)43)30-13-11-12-28(26-30)29-24-25-41-42(27-29)55-38-21-8-4-17-34(38)50-46(55)56-45-49-33-16-3-7-20-37(33)54(41)45/h1-27H. The summed E-state index contributed by atoms with van der Waals surface area (Å²) < 4.78 is 11.3. The summed E-state index contributed by atoms with van der Waals surface area (Å²) in [6, 6.07) is 57.3. The van der Waals surface area contributed by atoms with Gasteiger partial charge in [0.25, 0.3) is 0 Å². The average molecular weight is 738 g/mol. The smallest absolute Gasteiger partial charge is 0.223 e. The number of hydrogen-bond donors (Lipinski definition) is 0. The highest BCUT2D eigenvalue weighted by molar-refractivity contribution is 7.21. The highest BCUT2D eigenvalue weighted by Crippen LogP contribution is 2.34. The first-order valence-electron chi connectivity index (χ1n) is 18.5. The molecule has 0 saturated heterocycles. The molecule has 0 N–H and O–H groups in total. The van der Waals surface area contributed by atoms with Gasteiger partial charge >= 0.3 is 0 Å². The number of benzene rings is 7. The van der Waals surface area contributed by atoms with Crippen LogP contribution in [0.4, 0.5) is 0 Å². The van der Waals surface area contributed by atoms with E-state index in [9.17, 15) is 0 Å². The van der Waals surface area contributed by atoms with Crippen LogP contribution in [0.1, 0.15) is 0 Å². The van der Waals surface area contributed by atoms with E-state index in [0.717, 1.165) is 104 Å². The fourth-order valence-electron chi connectivity index (χ4n) is 8.55. The summed E-state index contributed by atoms with van der Waals surface area (Å²) in [4.78, 5) is 22.6. The van der Waals surface area contributed by atoms with Gasteiger partial charge in [0.2, 0.25) is 11.6 Å². The van der Waals surface area contributed by atoms with Crippen LogP contribution in [0.15, 0.2) is 164 Å². The number of imidazole rings is 4. The fraction of sp³-hybridized carbons (Fsp3) is 0. The van der Waals surface area contributed by atoms with E-state index in [1.165, 1.54) is 0 Å². The molecule has 0 radical (unpaired) electrons. The monoisotopic (exact) mass is 737 g/mol. The van der Waals surface area contributed by atoms with Crippen molar-refractivity contribution in [3.8, 4) is 16.8 Å². The summed E-state index contributed by atoms with van der Waals surface area (Å²) in [5.41, 5.74) is 15.2. The maximum absolute atomic E-state index is 5.31. The maximum Gasteiger partial charge on any atom is 0.223 e. The van der Waals surface area contributed by atoms with Crippen LogP contribution >= 0.6 is 11.3 Å². The lowest BCUT2D eigenvalue weighted by Gasteiger charge is -2.11. The number of rotatable bonds is 2. The van der Waals surface area contributed by atoms with Crippen LogP contribution in [-0.4, -0.2) is 42.1 Å². The molecule has 0 unspecified atom stereocenters. The summed E-state index contributed by atoms with van der Waals surface area (Å²) in [7, 11) is 0. The SMILES string of the molecule is c1cc(-c2ccc3c(c2)n2c(nc4ccccc42)sc2nc4ccccc4n23)cc(-n2c3nc4ccccc4n3c3ccccc3n3c4ccccc4nc23)c1. The molecule has 9 nitrogen and oxygen atoms in total. The summed E-state index contributed by atoms with van der Waals surface area (Å²) in [5, 5.41) is 0. The van der Waals surface area contributed by atoms with Gasteiger partial charge in [-0.05, 0) is 96.1 Å². The minimum absolute atomic E-state index is 0.776. The maximum atomic E-state index is 5.31. The van der Waals surface area contributed by atoms with Crippen LogP contribution in [0.5, 0.6) is 0 Å². The van der Waals surface area contributed by atoms with Crippen LogP contribution in [0.3, 0.4) is 0 Å². The van der Waals surface area contributed by atoms with E-state index >= 15 is 0 Å². The van der Waals surface area contributed by atoms with Gasteiger partial charge in [-0.3, -0.25) is 17.6 Å². The zero-order valence-electron chi connectivity index (χ0n) is 29.5. The lowest BCUT2D eigenvalue weighted by Crippen LogP contribution is -2.02. The van der Waals surface area contributed by atoms with Crippen LogP contribution in [-0.2, 0) is 0 Å². The Bertz CT molecular complexity index is 3740. The van der Waals surface area contributed by atoms with E-state index in [0.29, 0.717) is 0 Å². The number of nitrogens with zero attached hydrogens (tertiary/aromatic N) is 9. The van der Waals surface area contributed by atoms with Crippen molar-refractivity contribution < 1.29 is 0 Å². The number of fused-ring (bicyclic) bond motifs is 18. The molecule has 10 heteroatoms. The summed E-state index contributed by atoms with van der Waals surface area (Å²) in [6.07, 6.45) is 0. The Morgan fingerprint density at radius 1 is 0.321 bits per heavy atom. The fourth-order valence-corrected chi connectivity index (χ4v) is 9.58. The molecule has 262 valence electrons. The minimum Gasteiger partial charge on any atom is -0.282 e. The van der Waals surface area contributed by atoms with Crippen molar-refractivity contribution >= 4 is 99.0 Å². The van der Waals surface area contributed by atoms with Crippen molar-refractivity contribution in [2.45, 2.75) is 0 Å². The molecule has 13 rings (SSSR count). The summed E-state index contributed by atoms with van der Waals surface area (Å²) in [5.74, 6) is 1.55. The summed E-state index contributed by atoms with van der Waals surface area (Å²) >= 11 is 1.60. The lowest BCUT2D eigenvalue weighted by molar-refractivity contribution is 1.03. The van der Waals surface area contributed by atoms with E-state index < -0.39 is 0 Å². The average Bonchev–Trinajstić information content (AvgIpc) is 3.98. The number of para-hydroxylation sites is 10. The van der Waals surface area contributed by atoms with E-state index in [-0.39, 0.29) is 0 Å². The van der Waals surface area contributed by atoms with Crippen LogP contribution in [0.2, 0.25) is 0 Å². The molecule has 0 atom stereocenters. The van der Waals surface area contributed by atoms with E-state index in [2.05, 4.69) is 162 Å². The van der Waals surface area contributed by atoms with E-state index in [1.807, 2.05) is 24.3 Å². The first kappa shape index (κ1) is 29.8. The first-order chi connectivity index (χ1) is 27.8. The number of aromatic nitrogens is 9. The molecule has 0 fully saturated rings. The topological polar surface area (TPSA) is 74.1 Å². The van der Waals surface area contributed by atoms with Gasteiger partial charge in [0.1, 0.15) is 0 Å². The van der Waals surface area contributed by atoms with Crippen molar-refractivity contribution in [1.29, 1.82) is 0 Å². The Morgan fingerprint density at radius 2 is 0.750 bits per heavy atom. The van der Waals surface area contributed by atoms with E-state index in [1.54, 1.807) is 11.3 Å². The third-order valence-electron chi connectivity index (χ3n) is 11.0. The molecule has 0 aliphatic heterocycles. The third-order valence-corrected chi connectivity index (χ3v) is 11.9. The zero-order chi connectivity index (χ0) is 36.5. The van der Waals surface area contributed by atoms with Crippen molar-refractivity contribution in [3.63, 3.8) is 0 Å². The predicted molar refractivity (Wildman–Crippen MR) is 227 cm³/mol. The van der Waals surface area contributed by atoms with Gasteiger partial charge in [0.05, 0.1) is 71.9 Å². The Hall–Kier alpha value is -7.56. The molecule has 0 saturated carbocycles. The molecule has 0 bridgehead atoms. The zero-order valence-corrected chi connectivity index (χ0v) is 30.3. The van der Waals surface area contributed by atoms with Crippen molar-refractivity contribution in [3.05, 3.63) is 164 Å². The Kier molecular flexibility index (Phi) is 5.86. The second kappa shape index (κ2) is 11.0. The Labute approximate surface area is 320 Å². The molecule has 6 aromatic heterocycles. The van der Waals surface area contributed by atoms with Crippen LogP contribution in [0.25, 0.3) is 104 Å². The molecular weight excluding hydrogens is 711 g/mol. The second-order valence-electron chi connectivity index (χ2n) is 14.1. The highest BCUT2D eigenvalue weighted by atomic mass is 32.1. The quantitative estimate of drug-likeness (QED) is 0.177. The van der Waals surface area contributed by atoms with Gasteiger partial charge in [-0.1, -0.05) is 90.2 Å². The predicted octanol–water partition coefficient (Wildman–Crippen LogP) is 10.8. The van der Waals surface area contributed by atoms with Crippen molar-refractivity contribution in [2.75, 3.05) is 0 Å². The lowest BCUT2D eigenvalue weighted by atomic mass is 10.0. The van der Waals surface area contributed by atoms with Crippen molar-refractivity contribution in [2.24, 2.45) is 0 Å². The normalized spacial score (nSPS) is 12.3. The molecule has 6 heterocycles. The minimum atomic E-state index is 0.776. The van der Waals surface area contributed by atoms with E-state index in [4.69, 9.17) is 19.9 Å². The molecule has 13 aromatic rings. The van der Waals surface area contributed by atoms with Crippen molar-refractivity contribution in [1.82, 2.24) is 42.1 Å². The van der Waals surface area contributed by atoms with Gasteiger partial charge in [0, 0.05) is 0 Å². The van der Waals surface area contributed by atoms with Gasteiger partial charge < -0.3 is 0 Å².